The summed E-state index contributed by atoms with van der Waals surface area (Å²) in [6.07, 6.45) is 0. The van der Waals surface area contributed by atoms with Crippen LogP contribution in [0.1, 0.15) is 22.7 Å². The number of rotatable bonds is 7. The predicted molar refractivity (Wildman–Crippen MR) is 121 cm³/mol. The summed E-state index contributed by atoms with van der Waals surface area (Å²) < 4.78 is 0. The summed E-state index contributed by atoms with van der Waals surface area (Å²) in [5, 5.41) is 21.8. The van der Waals surface area contributed by atoms with Gasteiger partial charge in [0.2, 0.25) is 5.91 Å². The summed E-state index contributed by atoms with van der Waals surface area (Å²) in [4.78, 5) is 30.6. The topological polar surface area (TPSA) is 116 Å². The molecular formula is C24H23ClN2O5. The third-order valence-electron chi connectivity index (χ3n) is 4.28. The van der Waals surface area contributed by atoms with E-state index in [2.05, 4.69) is 10.6 Å². The van der Waals surface area contributed by atoms with Crippen molar-refractivity contribution in [3.8, 4) is 0 Å². The van der Waals surface area contributed by atoms with E-state index in [1.54, 1.807) is 0 Å². The minimum atomic E-state index is -1.82. The molecular weight excluding hydrogens is 432 g/mol. The number of hydrogen-bond acceptors (Lipinski definition) is 4. The fourth-order valence-corrected chi connectivity index (χ4v) is 2.91. The van der Waals surface area contributed by atoms with Crippen LogP contribution in [0.3, 0.4) is 0 Å². The smallest absolute Gasteiger partial charge is 0.414 e. The second-order valence-electron chi connectivity index (χ2n) is 6.66. The first-order valence-electron chi connectivity index (χ1n) is 9.67. The Kier molecular flexibility index (Phi) is 9.90. The first-order chi connectivity index (χ1) is 15.4. The molecule has 0 bridgehead atoms. The summed E-state index contributed by atoms with van der Waals surface area (Å²) >= 11 is 5.89. The minimum absolute atomic E-state index is 0.0448. The van der Waals surface area contributed by atoms with Gasteiger partial charge >= 0.3 is 11.9 Å². The van der Waals surface area contributed by atoms with Crippen LogP contribution >= 0.6 is 11.6 Å². The second-order valence-corrected chi connectivity index (χ2v) is 7.10. The Balaban J connectivity index is 0.000000534. The maximum absolute atomic E-state index is 12.4. The van der Waals surface area contributed by atoms with E-state index >= 15 is 0 Å². The molecule has 0 saturated heterocycles. The number of amides is 1. The normalized spacial score (nSPS) is 10.1. The van der Waals surface area contributed by atoms with E-state index in [0.717, 1.165) is 16.7 Å². The van der Waals surface area contributed by atoms with Gasteiger partial charge in [-0.1, -0.05) is 84.4 Å². The molecule has 0 radical (unpaired) electrons. The Morgan fingerprint density at radius 1 is 0.750 bits per heavy atom. The molecule has 8 heteroatoms. The standard InChI is InChI=1S/C22H21ClN2O.C2H2O4/c23-20-13-11-17(12-14-20)15-24-16-21(26)25-22(18-7-3-1-4-8-18)19-9-5-2-6-10-19;3-1(4)2(5)6/h1-14,22,24H,15-16H2,(H,25,26);(H,3,4)(H,5,6). The maximum atomic E-state index is 12.4. The zero-order valence-electron chi connectivity index (χ0n) is 17.1. The van der Waals surface area contributed by atoms with Crippen LogP contribution in [0.2, 0.25) is 5.02 Å². The number of hydrogen-bond donors (Lipinski definition) is 4. The highest BCUT2D eigenvalue weighted by molar-refractivity contribution is 6.30. The number of carboxylic acids is 2. The molecule has 0 unspecified atom stereocenters. The van der Waals surface area contributed by atoms with Crippen molar-refractivity contribution in [1.82, 2.24) is 10.6 Å². The van der Waals surface area contributed by atoms with Gasteiger partial charge in [-0.15, -0.1) is 0 Å². The van der Waals surface area contributed by atoms with Gasteiger partial charge in [-0.3, -0.25) is 4.79 Å². The zero-order valence-corrected chi connectivity index (χ0v) is 17.8. The monoisotopic (exact) mass is 454 g/mol. The molecule has 3 aromatic carbocycles. The first-order valence-corrected chi connectivity index (χ1v) is 10.0. The van der Waals surface area contributed by atoms with Gasteiger partial charge in [0.25, 0.3) is 0 Å². The Bertz CT molecular complexity index is 960. The van der Waals surface area contributed by atoms with Crippen molar-refractivity contribution < 1.29 is 24.6 Å². The number of aliphatic carboxylic acids is 2. The highest BCUT2D eigenvalue weighted by Gasteiger charge is 2.16. The fraction of sp³-hybridized carbons (Fsp3) is 0.125. The highest BCUT2D eigenvalue weighted by atomic mass is 35.5. The lowest BCUT2D eigenvalue weighted by atomic mass is 9.99. The quantitative estimate of drug-likeness (QED) is 0.406. The molecule has 0 aromatic heterocycles. The molecule has 32 heavy (non-hydrogen) atoms. The van der Waals surface area contributed by atoms with Crippen LogP contribution < -0.4 is 10.6 Å². The fourth-order valence-electron chi connectivity index (χ4n) is 2.78. The van der Waals surface area contributed by atoms with Gasteiger partial charge in [-0.2, -0.15) is 0 Å². The van der Waals surface area contributed by atoms with E-state index in [0.29, 0.717) is 11.6 Å². The van der Waals surface area contributed by atoms with Crippen LogP contribution in [0.25, 0.3) is 0 Å². The lowest BCUT2D eigenvalue weighted by molar-refractivity contribution is -0.159. The Morgan fingerprint density at radius 3 is 1.66 bits per heavy atom. The highest BCUT2D eigenvalue weighted by Crippen LogP contribution is 2.21. The number of carboxylic acid groups (broad SMARTS) is 2. The van der Waals surface area contributed by atoms with Crippen molar-refractivity contribution >= 4 is 29.4 Å². The number of nitrogens with one attached hydrogen (secondary N) is 2. The number of carbonyl (C=O) groups is 3. The molecule has 0 heterocycles. The lowest BCUT2D eigenvalue weighted by Gasteiger charge is -2.20. The van der Waals surface area contributed by atoms with Crippen molar-refractivity contribution in [2.75, 3.05) is 6.54 Å². The number of halogens is 1. The first kappa shape index (κ1) is 24.6. The Labute approximate surface area is 190 Å². The van der Waals surface area contributed by atoms with Crippen LogP contribution in [0, 0.1) is 0 Å². The molecule has 4 N–H and O–H groups in total. The van der Waals surface area contributed by atoms with Gasteiger partial charge in [0, 0.05) is 11.6 Å². The largest absolute Gasteiger partial charge is 0.473 e. The van der Waals surface area contributed by atoms with Gasteiger partial charge in [0.05, 0.1) is 12.6 Å². The molecule has 0 aliphatic rings. The minimum Gasteiger partial charge on any atom is -0.473 e. The van der Waals surface area contributed by atoms with E-state index in [-0.39, 0.29) is 18.5 Å². The van der Waals surface area contributed by atoms with Crippen LogP contribution in [0.5, 0.6) is 0 Å². The molecule has 7 nitrogen and oxygen atoms in total. The zero-order chi connectivity index (χ0) is 23.3. The third-order valence-corrected chi connectivity index (χ3v) is 4.53. The molecule has 0 aliphatic heterocycles. The van der Waals surface area contributed by atoms with Gasteiger partial charge in [0.15, 0.2) is 0 Å². The summed E-state index contributed by atoms with van der Waals surface area (Å²) in [6.45, 7) is 0.866. The number of carbonyl (C=O) groups excluding carboxylic acids is 1. The summed E-state index contributed by atoms with van der Waals surface area (Å²) in [5.41, 5.74) is 3.21. The van der Waals surface area contributed by atoms with Crippen molar-refractivity contribution in [3.05, 3.63) is 107 Å². The van der Waals surface area contributed by atoms with Crippen LogP contribution in [0.15, 0.2) is 84.9 Å². The van der Waals surface area contributed by atoms with Gasteiger partial charge < -0.3 is 20.8 Å². The van der Waals surface area contributed by atoms with Crippen molar-refractivity contribution in [2.24, 2.45) is 0 Å². The van der Waals surface area contributed by atoms with Gasteiger partial charge in [-0.25, -0.2) is 9.59 Å². The Morgan fingerprint density at radius 2 is 1.22 bits per heavy atom. The van der Waals surface area contributed by atoms with Crippen LogP contribution in [-0.2, 0) is 20.9 Å². The van der Waals surface area contributed by atoms with E-state index in [1.165, 1.54) is 0 Å². The lowest BCUT2D eigenvalue weighted by Crippen LogP contribution is -2.36. The molecule has 0 aliphatic carbocycles. The van der Waals surface area contributed by atoms with Crippen molar-refractivity contribution in [3.63, 3.8) is 0 Å². The average Bonchev–Trinajstić information content (AvgIpc) is 2.80. The van der Waals surface area contributed by atoms with Crippen molar-refractivity contribution in [2.45, 2.75) is 12.6 Å². The van der Waals surface area contributed by atoms with Crippen LogP contribution in [0.4, 0.5) is 0 Å². The third kappa shape index (κ3) is 8.59. The van der Waals surface area contributed by atoms with E-state index in [4.69, 9.17) is 31.4 Å². The average molecular weight is 455 g/mol. The molecule has 1 amide bonds. The second kappa shape index (κ2) is 12.9. The molecule has 3 rings (SSSR count). The van der Waals surface area contributed by atoms with Crippen LogP contribution in [-0.4, -0.2) is 34.6 Å². The Hall–Kier alpha value is -3.68. The van der Waals surface area contributed by atoms with Crippen molar-refractivity contribution in [1.29, 1.82) is 0 Å². The van der Waals surface area contributed by atoms with Gasteiger partial charge in [-0.05, 0) is 28.8 Å². The molecule has 0 fully saturated rings. The SMILES string of the molecule is O=C(CNCc1ccc(Cl)cc1)NC(c1ccccc1)c1ccccc1.O=C(O)C(=O)O. The number of benzene rings is 3. The molecule has 0 saturated carbocycles. The van der Waals surface area contributed by atoms with E-state index in [1.807, 2.05) is 84.9 Å². The molecule has 0 spiro atoms. The molecule has 0 atom stereocenters. The molecule has 3 aromatic rings. The summed E-state index contributed by atoms with van der Waals surface area (Å²) in [7, 11) is 0. The predicted octanol–water partition coefficient (Wildman–Crippen LogP) is 3.49. The summed E-state index contributed by atoms with van der Waals surface area (Å²) in [5.74, 6) is -3.69. The maximum Gasteiger partial charge on any atom is 0.414 e. The summed E-state index contributed by atoms with van der Waals surface area (Å²) in [6, 6.07) is 27.4. The van der Waals surface area contributed by atoms with Gasteiger partial charge in [0.1, 0.15) is 0 Å². The van der Waals surface area contributed by atoms with E-state index in [9.17, 15) is 4.79 Å². The van der Waals surface area contributed by atoms with E-state index < -0.39 is 11.9 Å². The molecule has 166 valence electrons.